The van der Waals surface area contributed by atoms with E-state index in [0.717, 1.165) is 4.90 Å². The number of hydrogen-bond donors (Lipinski definition) is 3. The number of carbonyl (C=O) groups is 4. The number of sulfonamides is 1. The molecule has 8 atom stereocenters. The maximum Gasteiger partial charge on any atom is 0.408 e. The second-order valence-corrected chi connectivity index (χ2v) is 19.5. The second-order valence-electron chi connectivity index (χ2n) is 17.5. The summed E-state index contributed by atoms with van der Waals surface area (Å²) in [5, 5.41) is 4.17. The first-order chi connectivity index (χ1) is 27.7. The molecule has 1 aromatic heterocycles. The maximum atomic E-state index is 16.3. The van der Waals surface area contributed by atoms with Crippen molar-refractivity contribution in [3.05, 3.63) is 23.9 Å². The predicted octanol–water partition coefficient (Wildman–Crippen LogP) is 4.57. The van der Waals surface area contributed by atoms with Crippen LogP contribution >= 0.6 is 0 Å². The SMILES string of the molecule is CC[C@@H]1[C@@H]2CN(C(=O)[C@H](C(C)(C)C)NC(=O)O[C@@H]3CC3CCCCC(F)(F)c3nc4ccc(OC)cc4nc3O2)[C@@H]1C(=O)N[C@]1(C(=O)NS(=O)(=O)C2CC2)C[C@H]1C(F)F. The van der Waals surface area contributed by atoms with E-state index in [1.54, 1.807) is 33.8 Å². The van der Waals surface area contributed by atoms with Gasteiger partial charge in [0.05, 0.1) is 35.9 Å². The number of ether oxygens (including phenoxy) is 3. The first-order valence-corrected chi connectivity index (χ1v) is 21.6. The van der Waals surface area contributed by atoms with E-state index in [1.807, 2.05) is 4.72 Å². The van der Waals surface area contributed by atoms with Gasteiger partial charge in [0.15, 0.2) is 5.69 Å². The lowest BCUT2D eigenvalue weighted by atomic mass is 9.85. The van der Waals surface area contributed by atoms with Crippen LogP contribution in [0, 0.1) is 23.2 Å². The summed E-state index contributed by atoms with van der Waals surface area (Å²) >= 11 is 0. The van der Waals surface area contributed by atoms with Crippen LogP contribution in [0.2, 0.25) is 0 Å². The molecule has 3 heterocycles. The van der Waals surface area contributed by atoms with Crippen molar-refractivity contribution in [1.29, 1.82) is 0 Å². The molecule has 7 rings (SSSR count). The van der Waals surface area contributed by atoms with Crippen LogP contribution in [0.4, 0.5) is 22.4 Å². The Kier molecular flexibility index (Phi) is 11.2. The summed E-state index contributed by atoms with van der Waals surface area (Å²) in [6.07, 6.45) is -4.81. The Morgan fingerprint density at radius 2 is 1.80 bits per heavy atom. The number of nitrogens with zero attached hydrogens (tertiary/aromatic N) is 3. The Balaban J connectivity index is 1.30. The largest absolute Gasteiger partial charge is 0.497 e. The molecule has 20 heteroatoms. The maximum absolute atomic E-state index is 16.3. The highest BCUT2D eigenvalue weighted by atomic mass is 32.2. The Labute approximate surface area is 339 Å². The fourth-order valence-corrected chi connectivity index (χ4v) is 9.70. The number of alkyl carbamates (subject to hydrolysis) is 1. The van der Waals surface area contributed by atoms with Crippen molar-refractivity contribution in [2.75, 3.05) is 13.7 Å². The van der Waals surface area contributed by atoms with Gasteiger partial charge in [0.25, 0.3) is 11.8 Å². The third-order valence-corrected chi connectivity index (χ3v) is 14.0. The number of fused-ring (bicyclic) bond motifs is 5. The standard InChI is InChI=1S/C39H50F4N6O9S/c1-6-22-27-18-49(28(22)32(50)47-38(17-23(38)31(40)41)35(52)48-59(54,55)21-11-12-21)34(51)30(37(2,3)4)46-36(53)58-26-15-19(26)9-7-8-14-39(42,43)29-33(57-27)45-25-16-20(56-5)10-13-24(25)44-29/h10,13,16,19,21-23,26-28,30-31H,6-9,11-12,14-15,17-18H2,1-5H3,(H,46,53)(H,47,50)(H,48,52)/t19?,22-,23+,26-,27+,28+,30-,38-/m1/s1. The van der Waals surface area contributed by atoms with Crippen LogP contribution in [-0.2, 0) is 35.1 Å². The molecule has 4 fully saturated rings. The minimum Gasteiger partial charge on any atom is -0.497 e. The van der Waals surface area contributed by atoms with Crippen LogP contribution in [0.5, 0.6) is 11.6 Å². The van der Waals surface area contributed by atoms with Gasteiger partial charge >= 0.3 is 6.09 Å². The smallest absolute Gasteiger partial charge is 0.408 e. The molecule has 59 heavy (non-hydrogen) atoms. The van der Waals surface area contributed by atoms with Gasteiger partial charge in [-0.05, 0) is 68.4 Å². The molecule has 3 N–H and O–H groups in total. The van der Waals surface area contributed by atoms with Gasteiger partial charge < -0.3 is 29.7 Å². The summed E-state index contributed by atoms with van der Waals surface area (Å²) in [7, 11) is -2.79. The van der Waals surface area contributed by atoms with Crippen molar-refractivity contribution in [2.24, 2.45) is 23.2 Å². The van der Waals surface area contributed by atoms with Crippen molar-refractivity contribution in [1.82, 2.24) is 30.2 Å². The van der Waals surface area contributed by atoms with Crippen LogP contribution in [0.25, 0.3) is 11.0 Å². The third-order valence-electron chi connectivity index (χ3n) is 12.1. The zero-order valence-electron chi connectivity index (χ0n) is 33.4. The summed E-state index contributed by atoms with van der Waals surface area (Å²) in [5.74, 6) is -9.81. The number of hydrogen-bond acceptors (Lipinski definition) is 11. The molecule has 2 aliphatic heterocycles. The number of amides is 4. The van der Waals surface area contributed by atoms with Gasteiger partial charge in [-0.25, -0.2) is 32.0 Å². The van der Waals surface area contributed by atoms with E-state index < -0.39 is 129 Å². The quantitative estimate of drug-likeness (QED) is 0.315. The van der Waals surface area contributed by atoms with Crippen LogP contribution in [0.15, 0.2) is 18.2 Å². The zero-order chi connectivity index (χ0) is 42.8. The fraction of sp³-hybridized carbons (Fsp3) is 0.692. The fourth-order valence-electron chi connectivity index (χ4n) is 8.33. The molecule has 1 saturated heterocycles. The van der Waals surface area contributed by atoms with Crippen molar-refractivity contribution in [3.63, 3.8) is 0 Å². The minimum atomic E-state index is -4.21. The van der Waals surface area contributed by atoms with E-state index in [1.165, 1.54) is 19.2 Å². The molecule has 5 aliphatic rings. The average Bonchev–Trinajstić information content (AvgIpc) is 4.07. The van der Waals surface area contributed by atoms with Crippen molar-refractivity contribution in [3.8, 4) is 11.6 Å². The second kappa shape index (κ2) is 15.5. The topological polar surface area (TPSA) is 195 Å². The number of nitrogens with one attached hydrogen (secondary N) is 3. The highest BCUT2D eigenvalue weighted by molar-refractivity contribution is 7.91. The summed E-state index contributed by atoms with van der Waals surface area (Å²) < 4.78 is 106. The Morgan fingerprint density at radius 1 is 1.07 bits per heavy atom. The molecule has 0 radical (unpaired) electrons. The molecule has 4 amide bonds. The first-order valence-electron chi connectivity index (χ1n) is 20.0. The van der Waals surface area contributed by atoms with Gasteiger partial charge in [0, 0.05) is 18.4 Å². The van der Waals surface area contributed by atoms with Gasteiger partial charge in [-0.15, -0.1) is 0 Å². The van der Waals surface area contributed by atoms with E-state index in [-0.39, 0.29) is 42.6 Å². The highest BCUT2D eigenvalue weighted by Crippen LogP contribution is 2.49. The molecule has 15 nitrogen and oxygen atoms in total. The lowest BCUT2D eigenvalue weighted by Crippen LogP contribution is -2.61. The van der Waals surface area contributed by atoms with Crippen LogP contribution in [0.3, 0.4) is 0 Å². The average molecular weight is 855 g/mol. The van der Waals surface area contributed by atoms with Crippen LogP contribution < -0.4 is 24.8 Å². The van der Waals surface area contributed by atoms with Crippen molar-refractivity contribution >= 4 is 44.9 Å². The van der Waals surface area contributed by atoms with Gasteiger partial charge in [-0.3, -0.25) is 19.1 Å². The molecule has 1 aromatic carbocycles. The molecule has 2 aromatic rings. The van der Waals surface area contributed by atoms with Gasteiger partial charge in [-0.1, -0.05) is 34.1 Å². The van der Waals surface area contributed by atoms with Crippen LogP contribution in [0.1, 0.15) is 91.2 Å². The number of rotatable bonds is 8. The molecule has 324 valence electrons. The molecule has 2 bridgehead atoms. The lowest BCUT2D eigenvalue weighted by Gasteiger charge is -2.36. The Hall–Kier alpha value is -4.49. The van der Waals surface area contributed by atoms with Gasteiger partial charge in [0.2, 0.25) is 34.1 Å². The number of aromatic nitrogens is 2. The van der Waals surface area contributed by atoms with Crippen molar-refractivity contribution < 1.29 is 59.4 Å². The minimum absolute atomic E-state index is 0.0549. The molecular formula is C39H50F4N6O9S. The number of alkyl halides is 4. The first kappa shape index (κ1) is 42.6. The monoisotopic (exact) mass is 854 g/mol. The number of benzene rings is 1. The summed E-state index contributed by atoms with van der Waals surface area (Å²) in [6.45, 7) is 6.22. The summed E-state index contributed by atoms with van der Waals surface area (Å²) in [6, 6.07) is 1.60. The lowest BCUT2D eigenvalue weighted by molar-refractivity contribution is -0.144. The van der Waals surface area contributed by atoms with E-state index in [0.29, 0.717) is 25.0 Å². The molecule has 0 spiro atoms. The van der Waals surface area contributed by atoms with E-state index in [9.17, 15) is 36.4 Å². The zero-order valence-corrected chi connectivity index (χ0v) is 34.3. The van der Waals surface area contributed by atoms with E-state index in [2.05, 4.69) is 20.6 Å². The Morgan fingerprint density at radius 3 is 2.42 bits per heavy atom. The molecule has 1 unspecified atom stereocenters. The normalized spacial score (nSPS) is 31.1. The predicted molar refractivity (Wildman–Crippen MR) is 202 cm³/mol. The van der Waals surface area contributed by atoms with E-state index >= 15 is 8.78 Å². The van der Waals surface area contributed by atoms with Crippen molar-refractivity contribution in [2.45, 2.75) is 133 Å². The van der Waals surface area contributed by atoms with Gasteiger partial charge in [-0.2, -0.15) is 8.78 Å². The van der Waals surface area contributed by atoms with Gasteiger partial charge in [0.1, 0.15) is 35.6 Å². The number of halogens is 4. The highest BCUT2D eigenvalue weighted by Gasteiger charge is 2.67. The summed E-state index contributed by atoms with van der Waals surface area (Å²) in [5.41, 5.74) is -3.81. The van der Waals surface area contributed by atoms with E-state index in [4.69, 9.17) is 14.2 Å². The molecule has 3 aliphatic carbocycles. The number of carbonyl (C=O) groups excluding carboxylic acids is 4. The Bertz CT molecular complexity index is 2120. The van der Waals surface area contributed by atoms with Crippen LogP contribution in [-0.4, -0.2) is 102 Å². The summed E-state index contributed by atoms with van der Waals surface area (Å²) in [4.78, 5) is 66.1. The molecule has 3 saturated carbocycles. The third kappa shape index (κ3) is 8.60. The number of methoxy groups -OCH3 is 1. The molecular weight excluding hydrogens is 805 g/mol.